The molecule has 1 aromatic heterocycles. The maximum absolute atomic E-state index is 11.8. The van der Waals surface area contributed by atoms with E-state index in [4.69, 9.17) is 27.9 Å². The van der Waals surface area contributed by atoms with Gasteiger partial charge in [-0.05, 0) is 41.5 Å². The van der Waals surface area contributed by atoms with Gasteiger partial charge >= 0.3 is 5.97 Å². The van der Waals surface area contributed by atoms with E-state index in [2.05, 4.69) is 10.3 Å². The van der Waals surface area contributed by atoms with E-state index in [-0.39, 0.29) is 6.61 Å². The zero-order valence-corrected chi connectivity index (χ0v) is 18.7. The highest BCUT2D eigenvalue weighted by molar-refractivity contribution is 6.35. The Balaban J connectivity index is 1.35. The van der Waals surface area contributed by atoms with Crippen LogP contribution in [0.4, 0.5) is 0 Å². The molecule has 1 atom stereocenters. The molecule has 164 valence electrons. The Hall–Kier alpha value is -2.99. The maximum atomic E-state index is 11.8. The number of benzene rings is 3. The molecule has 0 saturated heterocycles. The van der Waals surface area contributed by atoms with Crippen molar-refractivity contribution in [2.45, 2.75) is 25.6 Å². The van der Waals surface area contributed by atoms with Crippen LogP contribution in [0.3, 0.4) is 0 Å². The van der Waals surface area contributed by atoms with Crippen LogP contribution in [0.15, 0.2) is 72.9 Å². The van der Waals surface area contributed by atoms with Gasteiger partial charge in [0.2, 0.25) is 0 Å². The fourth-order valence-electron chi connectivity index (χ4n) is 3.54. The summed E-state index contributed by atoms with van der Waals surface area (Å²) in [5.41, 5.74) is 3.67. The van der Waals surface area contributed by atoms with E-state index in [1.54, 1.807) is 18.2 Å². The Bertz CT molecular complexity index is 1200. The van der Waals surface area contributed by atoms with Gasteiger partial charge in [0.05, 0.1) is 0 Å². The molecule has 0 aliphatic heterocycles. The number of hydrogen-bond acceptors (Lipinski definition) is 3. The van der Waals surface area contributed by atoms with Gasteiger partial charge in [-0.2, -0.15) is 0 Å². The van der Waals surface area contributed by atoms with Crippen LogP contribution in [0.2, 0.25) is 10.0 Å². The first kappa shape index (κ1) is 22.2. The molecule has 32 heavy (non-hydrogen) atoms. The average molecular weight is 469 g/mol. The molecule has 0 aliphatic carbocycles. The first-order valence-corrected chi connectivity index (χ1v) is 10.9. The van der Waals surface area contributed by atoms with Gasteiger partial charge in [0, 0.05) is 45.7 Å². The number of aromatic nitrogens is 1. The molecule has 3 N–H and O–H groups in total. The lowest BCUT2D eigenvalue weighted by molar-refractivity contribution is -0.139. The van der Waals surface area contributed by atoms with E-state index in [1.165, 1.54) is 0 Å². The van der Waals surface area contributed by atoms with Crippen molar-refractivity contribution < 1.29 is 14.6 Å². The summed E-state index contributed by atoms with van der Waals surface area (Å²) < 4.78 is 5.80. The smallest absolute Gasteiger partial charge is 0.321 e. The number of hydrogen-bond donors (Lipinski definition) is 3. The summed E-state index contributed by atoms with van der Waals surface area (Å²) in [7, 11) is 0. The lowest BCUT2D eigenvalue weighted by Crippen LogP contribution is -2.38. The quantitative estimate of drug-likeness (QED) is 0.288. The zero-order chi connectivity index (χ0) is 22.5. The molecule has 1 unspecified atom stereocenters. The second-order valence-corrected chi connectivity index (χ2v) is 8.28. The van der Waals surface area contributed by atoms with Crippen LogP contribution >= 0.6 is 23.2 Å². The SMILES string of the molecule is O=C(O)C(Cc1c[nH]c2ccccc12)NCc1ccc(OCc2c(Cl)cccc2Cl)cc1. The zero-order valence-electron chi connectivity index (χ0n) is 17.1. The first-order valence-electron chi connectivity index (χ1n) is 10.2. The Kier molecular flexibility index (Phi) is 7.00. The molecule has 0 radical (unpaired) electrons. The largest absolute Gasteiger partial charge is 0.489 e. The van der Waals surface area contributed by atoms with Gasteiger partial charge in [0.25, 0.3) is 0 Å². The van der Waals surface area contributed by atoms with Crippen LogP contribution in [0.25, 0.3) is 10.9 Å². The highest BCUT2D eigenvalue weighted by atomic mass is 35.5. The number of rotatable bonds is 9. The minimum absolute atomic E-state index is 0.266. The van der Waals surface area contributed by atoms with Gasteiger partial charge in [-0.25, -0.2) is 0 Å². The van der Waals surface area contributed by atoms with E-state index < -0.39 is 12.0 Å². The molecule has 0 amide bonds. The molecule has 0 saturated carbocycles. The summed E-state index contributed by atoms with van der Waals surface area (Å²) in [5.74, 6) is -0.204. The average Bonchev–Trinajstić information content (AvgIpc) is 3.20. The van der Waals surface area contributed by atoms with Crippen molar-refractivity contribution in [1.82, 2.24) is 10.3 Å². The number of carboxylic acid groups (broad SMARTS) is 1. The highest BCUT2D eigenvalue weighted by Gasteiger charge is 2.19. The summed E-state index contributed by atoms with van der Waals surface area (Å²) >= 11 is 12.4. The minimum atomic E-state index is -0.883. The normalized spacial score (nSPS) is 12.1. The lowest BCUT2D eigenvalue weighted by atomic mass is 10.0. The van der Waals surface area contributed by atoms with E-state index in [0.717, 1.165) is 27.6 Å². The summed E-state index contributed by atoms with van der Waals surface area (Å²) in [6.45, 7) is 0.692. The van der Waals surface area contributed by atoms with E-state index in [0.29, 0.717) is 28.8 Å². The first-order chi connectivity index (χ1) is 15.5. The molecule has 0 aliphatic rings. The second-order valence-electron chi connectivity index (χ2n) is 7.47. The molecular weight excluding hydrogens is 447 g/mol. The van der Waals surface area contributed by atoms with Crippen LogP contribution in [0, 0.1) is 0 Å². The Morgan fingerprint density at radius 3 is 2.44 bits per heavy atom. The van der Waals surface area contributed by atoms with Gasteiger partial charge in [-0.1, -0.05) is 59.6 Å². The predicted molar refractivity (Wildman–Crippen MR) is 128 cm³/mol. The van der Waals surface area contributed by atoms with E-state index >= 15 is 0 Å². The number of halogens is 2. The van der Waals surface area contributed by atoms with Gasteiger partial charge in [-0.3, -0.25) is 4.79 Å². The molecule has 4 aromatic rings. The molecule has 4 rings (SSSR count). The van der Waals surface area contributed by atoms with Gasteiger partial charge < -0.3 is 20.1 Å². The third-order valence-electron chi connectivity index (χ3n) is 5.32. The Morgan fingerprint density at radius 1 is 1.00 bits per heavy atom. The summed E-state index contributed by atoms with van der Waals surface area (Å²) in [6, 6.07) is 20.0. The van der Waals surface area contributed by atoms with Crippen LogP contribution in [-0.2, 0) is 24.4 Å². The molecule has 1 heterocycles. The van der Waals surface area contributed by atoms with Crippen molar-refractivity contribution in [3.8, 4) is 5.75 Å². The number of H-pyrrole nitrogens is 1. The van der Waals surface area contributed by atoms with E-state index in [9.17, 15) is 9.90 Å². The fourth-order valence-corrected chi connectivity index (χ4v) is 4.04. The van der Waals surface area contributed by atoms with Gasteiger partial charge in [0.1, 0.15) is 18.4 Å². The van der Waals surface area contributed by atoms with Crippen molar-refractivity contribution in [3.63, 3.8) is 0 Å². The van der Waals surface area contributed by atoms with Crippen LogP contribution in [0.1, 0.15) is 16.7 Å². The highest BCUT2D eigenvalue weighted by Crippen LogP contribution is 2.26. The number of ether oxygens (including phenoxy) is 1. The van der Waals surface area contributed by atoms with E-state index in [1.807, 2.05) is 54.7 Å². The van der Waals surface area contributed by atoms with Gasteiger partial charge in [-0.15, -0.1) is 0 Å². The van der Waals surface area contributed by atoms with Gasteiger partial charge in [0.15, 0.2) is 0 Å². The van der Waals surface area contributed by atoms with Crippen molar-refractivity contribution in [2.24, 2.45) is 0 Å². The number of fused-ring (bicyclic) bond motifs is 1. The molecule has 3 aromatic carbocycles. The molecule has 0 spiro atoms. The lowest BCUT2D eigenvalue weighted by Gasteiger charge is -2.15. The summed E-state index contributed by atoms with van der Waals surface area (Å²) in [4.78, 5) is 15.0. The topological polar surface area (TPSA) is 74.3 Å². The van der Waals surface area contributed by atoms with Crippen molar-refractivity contribution >= 4 is 40.1 Å². The molecule has 0 fully saturated rings. The van der Waals surface area contributed by atoms with Crippen molar-refractivity contribution in [2.75, 3.05) is 0 Å². The van der Waals surface area contributed by atoms with Crippen LogP contribution < -0.4 is 10.1 Å². The fraction of sp³-hybridized carbons (Fsp3) is 0.160. The number of nitrogens with one attached hydrogen (secondary N) is 2. The third kappa shape index (κ3) is 5.25. The second kappa shape index (κ2) is 10.1. The maximum Gasteiger partial charge on any atom is 0.321 e. The Labute approximate surface area is 195 Å². The number of para-hydroxylation sites is 1. The molecule has 7 heteroatoms. The summed E-state index contributed by atoms with van der Waals surface area (Å²) in [6.07, 6.45) is 2.26. The van der Waals surface area contributed by atoms with Crippen LogP contribution in [-0.4, -0.2) is 22.1 Å². The minimum Gasteiger partial charge on any atom is -0.489 e. The monoisotopic (exact) mass is 468 g/mol. The standard InChI is InChI=1S/C25H22Cl2N2O3/c26-21-5-3-6-22(27)20(21)15-32-18-10-8-16(9-11-18)13-28-24(25(30)31)12-17-14-29-23-7-2-1-4-19(17)23/h1-11,14,24,28-29H,12-13,15H2,(H,30,31). The molecular formula is C25H22Cl2N2O3. The predicted octanol–water partition coefficient (Wildman–Crippen LogP) is 5.84. The van der Waals surface area contributed by atoms with Crippen molar-refractivity contribution in [1.29, 1.82) is 0 Å². The molecule has 0 bridgehead atoms. The number of carbonyl (C=O) groups is 1. The third-order valence-corrected chi connectivity index (χ3v) is 6.03. The molecule has 5 nitrogen and oxygen atoms in total. The number of carboxylic acids is 1. The number of aliphatic carboxylic acids is 1. The Morgan fingerprint density at radius 2 is 1.72 bits per heavy atom. The van der Waals surface area contributed by atoms with Crippen molar-refractivity contribution in [3.05, 3.63) is 99.7 Å². The van der Waals surface area contributed by atoms with Crippen LogP contribution in [0.5, 0.6) is 5.75 Å². The summed E-state index contributed by atoms with van der Waals surface area (Å²) in [5, 5.41) is 15.0. The number of aromatic amines is 1.